The van der Waals surface area contributed by atoms with Crippen LogP contribution in [0.25, 0.3) is 0 Å². The SMILES string of the molecule is O=C(c1ccc(CS(=O)(=O)c2ccccc2)o1)N1CCCC1c1cccs1. The minimum atomic E-state index is -3.51. The monoisotopic (exact) mass is 401 g/mol. The fourth-order valence-electron chi connectivity index (χ4n) is 3.40. The summed E-state index contributed by atoms with van der Waals surface area (Å²) in [5.74, 6) is 0.0126. The summed E-state index contributed by atoms with van der Waals surface area (Å²) >= 11 is 1.64. The van der Waals surface area contributed by atoms with Crippen LogP contribution in [0.15, 0.2) is 69.3 Å². The Balaban J connectivity index is 1.52. The first-order chi connectivity index (χ1) is 13.0. The lowest BCUT2D eigenvalue weighted by Crippen LogP contribution is -2.29. The molecule has 1 fully saturated rings. The molecule has 140 valence electrons. The van der Waals surface area contributed by atoms with Crippen molar-refractivity contribution in [3.05, 3.63) is 76.4 Å². The largest absolute Gasteiger partial charge is 0.455 e. The molecule has 0 spiro atoms. The van der Waals surface area contributed by atoms with E-state index in [1.165, 1.54) is 4.88 Å². The molecular weight excluding hydrogens is 382 g/mol. The van der Waals surface area contributed by atoms with Crippen LogP contribution in [0.3, 0.4) is 0 Å². The van der Waals surface area contributed by atoms with Crippen LogP contribution in [0.5, 0.6) is 0 Å². The smallest absolute Gasteiger partial charge is 0.290 e. The number of rotatable bonds is 5. The molecule has 3 aromatic rings. The number of furan rings is 1. The summed E-state index contributed by atoms with van der Waals surface area (Å²) < 4.78 is 30.6. The number of likely N-dealkylation sites (tertiary alicyclic amines) is 1. The van der Waals surface area contributed by atoms with Crippen molar-refractivity contribution >= 4 is 27.1 Å². The Morgan fingerprint density at radius 3 is 2.67 bits per heavy atom. The fraction of sp³-hybridized carbons (Fsp3) is 0.250. The van der Waals surface area contributed by atoms with E-state index in [1.807, 2.05) is 22.4 Å². The van der Waals surface area contributed by atoms with Gasteiger partial charge in [-0.3, -0.25) is 4.79 Å². The van der Waals surface area contributed by atoms with E-state index in [4.69, 9.17) is 4.42 Å². The quantitative estimate of drug-likeness (QED) is 0.639. The number of carbonyl (C=O) groups excluding carboxylic acids is 1. The lowest BCUT2D eigenvalue weighted by molar-refractivity contribution is 0.0704. The van der Waals surface area contributed by atoms with Gasteiger partial charge in [-0.2, -0.15) is 0 Å². The molecule has 7 heteroatoms. The van der Waals surface area contributed by atoms with Crippen LogP contribution in [-0.2, 0) is 15.6 Å². The summed E-state index contributed by atoms with van der Waals surface area (Å²) in [5, 5.41) is 2.01. The number of hydrogen-bond donors (Lipinski definition) is 0. The van der Waals surface area contributed by atoms with Gasteiger partial charge in [-0.15, -0.1) is 11.3 Å². The molecule has 1 aliphatic rings. The van der Waals surface area contributed by atoms with E-state index in [0.717, 1.165) is 12.8 Å². The number of nitrogens with zero attached hydrogens (tertiary/aromatic N) is 1. The molecule has 1 unspecified atom stereocenters. The second-order valence-electron chi connectivity index (χ2n) is 6.51. The molecule has 0 radical (unpaired) electrons. The van der Waals surface area contributed by atoms with E-state index in [1.54, 1.807) is 53.8 Å². The first-order valence-corrected chi connectivity index (χ1v) is 11.3. The van der Waals surface area contributed by atoms with Crippen LogP contribution in [0, 0.1) is 0 Å². The summed E-state index contributed by atoms with van der Waals surface area (Å²) in [4.78, 5) is 16.1. The topological polar surface area (TPSA) is 67.6 Å². The van der Waals surface area contributed by atoms with Gasteiger partial charge in [0.2, 0.25) is 0 Å². The van der Waals surface area contributed by atoms with Gasteiger partial charge in [0.05, 0.1) is 10.9 Å². The lowest BCUT2D eigenvalue weighted by Gasteiger charge is -2.22. The van der Waals surface area contributed by atoms with E-state index in [0.29, 0.717) is 6.54 Å². The molecular formula is C20H19NO4S2. The van der Waals surface area contributed by atoms with Crippen LogP contribution in [0.2, 0.25) is 0 Å². The summed E-state index contributed by atoms with van der Waals surface area (Å²) in [6.45, 7) is 0.680. The molecule has 4 rings (SSSR count). The molecule has 5 nitrogen and oxygen atoms in total. The molecule has 0 bridgehead atoms. The van der Waals surface area contributed by atoms with Crippen molar-refractivity contribution in [3.8, 4) is 0 Å². The van der Waals surface area contributed by atoms with Crippen LogP contribution < -0.4 is 0 Å². The summed E-state index contributed by atoms with van der Waals surface area (Å²) in [7, 11) is -3.51. The normalized spacial score (nSPS) is 17.3. The number of sulfone groups is 1. The molecule has 0 saturated carbocycles. The Kier molecular flexibility index (Phi) is 4.88. The molecule has 27 heavy (non-hydrogen) atoms. The van der Waals surface area contributed by atoms with Gasteiger partial charge >= 0.3 is 0 Å². The predicted molar refractivity (Wildman–Crippen MR) is 103 cm³/mol. The molecule has 0 N–H and O–H groups in total. The van der Waals surface area contributed by atoms with Gasteiger partial charge in [0, 0.05) is 11.4 Å². The highest BCUT2D eigenvalue weighted by molar-refractivity contribution is 7.90. The average Bonchev–Trinajstić information content (AvgIpc) is 3.42. The standard InChI is InChI=1S/C20H19NO4S2/c22-20(21-12-4-8-17(21)19-9-5-13-26-19)18-11-10-15(25-18)14-27(23,24)16-6-2-1-3-7-16/h1-3,5-7,9-11,13,17H,4,8,12,14H2. The third-order valence-corrected chi connectivity index (χ3v) is 7.32. The maximum atomic E-state index is 12.9. The van der Waals surface area contributed by atoms with Gasteiger partial charge in [-0.25, -0.2) is 8.42 Å². The molecule has 0 aliphatic carbocycles. The molecule has 1 aromatic carbocycles. The highest BCUT2D eigenvalue weighted by Crippen LogP contribution is 2.35. The first-order valence-electron chi connectivity index (χ1n) is 8.75. The molecule has 3 heterocycles. The minimum Gasteiger partial charge on any atom is -0.455 e. The van der Waals surface area contributed by atoms with Crippen molar-refractivity contribution in [2.75, 3.05) is 6.54 Å². The van der Waals surface area contributed by atoms with Crippen molar-refractivity contribution in [1.29, 1.82) is 0 Å². The maximum absolute atomic E-state index is 12.9. The number of amides is 1. The van der Waals surface area contributed by atoms with E-state index < -0.39 is 9.84 Å². The number of carbonyl (C=O) groups is 1. The van der Waals surface area contributed by atoms with Crippen molar-refractivity contribution in [2.24, 2.45) is 0 Å². The molecule has 1 amide bonds. The summed E-state index contributed by atoms with van der Waals surface area (Å²) in [6.07, 6.45) is 1.88. The highest BCUT2D eigenvalue weighted by Gasteiger charge is 2.32. The van der Waals surface area contributed by atoms with Gasteiger partial charge in [0.15, 0.2) is 15.6 Å². The Morgan fingerprint density at radius 2 is 1.93 bits per heavy atom. The Labute approximate surface area is 162 Å². The van der Waals surface area contributed by atoms with Gasteiger partial charge in [0.25, 0.3) is 5.91 Å². The van der Waals surface area contributed by atoms with Gasteiger partial charge in [0.1, 0.15) is 11.5 Å². The van der Waals surface area contributed by atoms with Gasteiger partial charge < -0.3 is 9.32 Å². The van der Waals surface area contributed by atoms with E-state index in [-0.39, 0.29) is 34.1 Å². The minimum absolute atomic E-state index is 0.0686. The number of thiophene rings is 1. The molecule has 1 atom stereocenters. The molecule has 1 aliphatic heterocycles. The van der Waals surface area contributed by atoms with Crippen LogP contribution in [0.1, 0.15) is 40.1 Å². The van der Waals surface area contributed by atoms with Crippen LogP contribution in [0.4, 0.5) is 0 Å². The third kappa shape index (κ3) is 3.70. The highest BCUT2D eigenvalue weighted by atomic mass is 32.2. The zero-order valence-electron chi connectivity index (χ0n) is 14.6. The second kappa shape index (κ2) is 7.32. The lowest BCUT2D eigenvalue weighted by atomic mass is 10.2. The number of benzene rings is 1. The first kappa shape index (κ1) is 18.0. The van der Waals surface area contributed by atoms with Gasteiger partial charge in [-0.1, -0.05) is 24.3 Å². The van der Waals surface area contributed by atoms with Crippen molar-refractivity contribution in [2.45, 2.75) is 29.5 Å². The molecule has 1 saturated heterocycles. The Morgan fingerprint density at radius 1 is 1.11 bits per heavy atom. The zero-order chi connectivity index (χ0) is 18.9. The van der Waals surface area contributed by atoms with Gasteiger partial charge in [-0.05, 0) is 48.6 Å². The Hall–Kier alpha value is -2.38. The van der Waals surface area contributed by atoms with Crippen molar-refractivity contribution in [1.82, 2.24) is 4.90 Å². The van der Waals surface area contributed by atoms with Crippen molar-refractivity contribution in [3.63, 3.8) is 0 Å². The summed E-state index contributed by atoms with van der Waals surface area (Å²) in [5.41, 5.74) is 0. The second-order valence-corrected chi connectivity index (χ2v) is 9.48. The Bertz CT molecular complexity index is 1020. The predicted octanol–water partition coefficient (Wildman–Crippen LogP) is 4.29. The number of hydrogen-bond acceptors (Lipinski definition) is 5. The molecule has 2 aromatic heterocycles. The van der Waals surface area contributed by atoms with Crippen LogP contribution >= 0.6 is 11.3 Å². The fourth-order valence-corrected chi connectivity index (χ4v) is 5.54. The van der Waals surface area contributed by atoms with E-state index in [2.05, 4.69) is 0 Å². The maximum Gasteiger partial charge on any atom is 0.290 e. The van der Waals surface area contributed by atoms with Crippen LogP contribution in [-0.4, -0.2) is 25.8 Å². The van der Waals surface area contributed by atoms with Crippen molar-refractivity contribution < 1.29 is 17.6 Å². The van der Waals surface area contributed by atoms with E-state index in [9.17, 15) is 13.2 Å². The zero-order valence-corrected chi connectivity index (χ0v) is 16.2. The summed E-state index contributed by atoms with van der Waals surface area (Å²) in [6, 6.07) is 15.5. The van der Waals surface area contributed by atoms with E-state index >= 15 is 0 Å². The third-order valence-electron chi connectivity index (χ3n) is 4.69. The average molecular weight is 402 g/mol.